The van der Waals surface area contributed by atoms with Gasteiger partial charge < -0.3 is 14.5 Å². The van der Waals surface area contributed by atoms with E-state index in [2.05, 4.69) is 31.3 Å². The topological polar surface area (TPSA) is 34.4 Å². The Balaban J connectivity index is 1.71. The molecule has 0 bridgehead atoms. The highest BCUT2D eigenvalue weighted by molar-refractivity contribution is 6.30. The third-order valence-electron chi connectivity index (χ3n) is 4.95. The van der Waals surface area contributed by atoms with Crippen molar-refractivity contribution >= 4 is 11.6 Å². The third kappa shape index (κ3) is 4.21. The van der Waals surface area contributed by atoms with Crippen LogP contribution in [-0.4, -0.2) is 18.8 Å². The van der Waals surface area contributed by atoms with Crippen molar-refractivity contribution in [1.82, 2.24) is 5.32 Å². The Morgan fingerprint density at radius 3 is 2.62 bits per heavy atom. The molecule has 1 N–H and O–H groups in total. The highest BCUT2D eigenvalue weighted by atomic mass is 35.5. The molecule has 0 amide bonds. The molecule has 24 heavy (non-hydrogen) atoms. The lowest BCUT2D eigenvalue weighted by Gasteiger charge is -2.45. The van der Waals surface area contributed by atoms with Crippen LogP contribution in [-0.2, 0) is 16.7 Å². The summed E-state index contributed by atoms with van der Waals surface area (Å²) in [6, 6.07) is 12.3. The van der Waals surface area contributed by atoms with Gasteiger partial charge in [0, 0.05) is 17.0 Å². The fourth-order valence-electron chi connectivity index (χ4n) is 3.84. The van der Waals surface area contributed by atoms with Crippen molar-refractivity contribution in [3.63, 3.8) is 0 Å². The fourth-order valence-corrected chi connectivity index (χ4v) is 3.96. The second kappa shape index (κ2) is 7.30. The third-order valence-corrected chi connectivity index (χ3v) is 5.21. The number of rotatable bonds is 6. The summed E-state index contributed by atoms with van der Waals surface area (Å²) in [5.74, 6) is 0.975. The molecule has 2 aromatic rings. The number of benzene rings is 1. The van der Waals surface area contributed by atoms with Crippen LogP contribution in [0.4, 0.5) is 0 Å². The molecule has 2 heterocycles. The van der Waals surface area contributed by atoms with E-state index < -0.39 is 0 Å². The van der Waals surface area contributed by atoms with Crippen molar-refractivity contribution in [1.29, 1.82) is 0 Å². The SMILES string of the molecule is CC1(C)C[C@@](CCNCc2ccco2)(c2ccc(Cl)cc2)CCO1. The highest BCUT2D eigenvalue weighted by Crippen LogP contribution is 2.44. The normalized spacial score (nSPS) is 23.3. The molecule has 1 atom stereocenters. The number of halogens is 1. The Hall–Kier alpha value is -1.29. The molecule has 1 aliphatic heterocycles. The molecule has 0 saturated carbocycles. The first kappa shape index (κ1) is 17.5. The van der Waals surface area contributed by atoms with Gasteiger partial charge in [-0.05, 0) is 69.5 Å². The molecular formula is C20H26ClNO2. The molecule has 1 aromatic carbocycles. The molecular weight excluding hydrogens is 322 g/mol. The number of ether oxygens (including phenoxy) is 1. The second-order valence-corrected chi connectivity index (χ2v) is 7.76. The lowest BCUT2D eigenvalue weighted by Crippen LogP contribution is -2.45. The molecule has 3 nitrogen and oxygen atoms in total. The van der Waals surface area contributed by atoms with E-state index in [1.807, 2.05) is 24.3 Å². The van der Waals surface area contributed by atoms with Crippen LogP contribution < -0.4 is 5.32 Å². The number of furan rings is 1. The number of nitrogens with one attached hydrogen (secondary N) is 1. The van der Waals surface area contributed by atoms with Gasteiger partial charge in [-0.25, -0.2) is 0 Å². The van der Waals surface area contributed by atoms with Crippen molar-refractivity contribution in [2.75, 3.05) is 13.2 Å². The zero-order valence-electron chi connectivity index (χ0n) is 14.5. The molecule has 1 saturated heterocycles. The zero-order valence-corrected chi connectivity index (χ0v) is 15.2. The molecule has 0 spiro atoms. The standard InChI is InChI=1S/C20H26ClNO2/c1-19(2)15-20(10-13-24-19,16-5-7-17(21)8-6-16)9-11-22-14-18-4-3-12-23-18/h3-8,12,22H,9-11,13-15H2,1-2H3/t20-/m0/s1. The average Bonchev–Trinajstić information content (AvgIpc) is 3.05. The lowest BCUT2D eigenvalue weighted by atomic mass is 9.67. The fraction of sp³-hybridized carbons (Fsp3) is 0.500. The molecule has 0 unspecified atom stereocenters. The Kier molecular flexibility index (Phi) is 5.33. The van der Waals surface area contributed by atoms with Crippen molar-refractivity contribution in [2.24, 2.45) is 0 Å². The summed E-state index contributed by atoms with van der Waals surface area (Å²) in [7, 11) is 0. The van der Waals surface area contributed by atoms with Crippen LogP contribution in [0.3, 0.4) is 0 Å². The van der Waals surface area contributed by atoms with E-state index in [1.54, 1.807) is 6.26 Å². The lowest BCUT2D eigenvalue weighted by molar-refractivity contribution is -0.0840. The van der Waals surface area contributed by atoms with Gasteiger partial charge >= 0.3 is 0 Å². The summed E-state index contributed by atoms with van der Waals surface area (Å²) < 4.78 is 11.4. The van der Waals surface area contributed by atoms with Gasteiger partial charge in [-0.3, -0.25) is 0 Å². The van der Waals surface area contributed by atoms with Gasteiger partial charge in [0.15, 0.2) is 0 Å². The van der Waals surface area contributed by atoms with Gasteiger partial charge in [0.1, 0.15) is 5.76 Å². The van der Waals surface area contributed by atoms with E-state index in [0.29, 0.717) is 0 Å². The maximum absolute atomic E-state index is 6.09. The van der Waals surface area contributed by atoms with Crippen LogP contribution in [0.1, 0.15) is 44.4 Å². The van der Waals surface area contributed by atoms with Crippen molar-refractivity contribution in [3.8, 4) is 0 Å². The minimum atomic E-state index is -0.0983. The Labute approximate surface area is 149 Å². The van der Waals surface area contributed by atoms with Crippen molar-refractivity contribution in [3.05, 3.63) is 59.0 Å². The van der Waals surface area contributed by atoms with E-state index in [1.165, 1.54) is 5.56 Å². The molecule has 0 aliphatic carbocycles. The summed E-state index contributed by atoms with van der Waals surface area (Å²) in [5.41, 5.74) is 1.39. The molecule has 1 aliphatic rings. The molecule has 1 aromatic heterocycles. The predicted molar refractivity (Wildman–Crippen MR) is 97.4 cm³/mol. The summed E-state index contributed by atoms with van der Waals surface area (Å²) in [6.07, 6.45) is 4.85. The Morgan fingerprint density at radius 1 is 1.17 bits per heavy atom. The van der Waals surface area contributed by atoms with Crippen LogP contribution >= 0.6 is 11.6 Å². The van der Waals surface area contributed by atoms with Gasteiger partial charge in [-0.1, -0.05) is 23.7 Å². The van der Waals surface area contributed by atoms with Crippen LogP contribution in [0.2, 0.25) is 5.02 Å². The number of hydrogen-bond acceptors (Lipinski definition) is 3. The van der Waals surface area contributed by atoms with Gasteiger partial charge in [-0.2, -0.15) is 0 Å². The van der Waals surface area contributed by atoms with Gasteiger partial charge in [0.05, 0.1) is 18.4 Å². The minimum absolute atomic E-state index is 0.0983. The molecule has 4 heteroatoms. The van der Waals surface area contributed by atoms with Crippen molar-refractivity contribution < 1.29 is 9.15 Å². The molecule has 130 valence electrons. The van der Waals surface area contributed by atoms with E-state index in [4.69, 9.17) is 20.8 Å². The smallest absolute Gasteiger partial charge is 0.117 e. The Bertz CT molecular complexity index is 636. The first-order valence-electron chi connectivity index (χ1n) is 8.62. The summed E-state index contributed by atoms with van der Waals surface area (Å²) in [4.78, 5) is 0. The van der Waals surface area contributed by atoms with E-state index in [-0.39, 0.29) is 11.0 Å². The Morgan fingerprint density at radius 2 is 1.96 bits per heavy atom. The number of hydrogen-bond donors (Lipinski definition) is 1. The highest BCUT2D eigenvalue weighted by Gasteiger charge is 2.41. The first-order valence-corrected chi connectivity index (χ1v) is 9.00. The summed E-state index contributed by atoms with van der Waals surface area (Å²) >= 11 is 6.09. The maximum Gasteiger partial charge on any atom is 0.117 e. The second-order valence-electron chi connectivity index (χ2n) is 7.33. The van der Waals surface area contributed by atoms with E-state index in [0.717, 1.165) is 49.7 Å². The van der Waals surface area contributed by atoms with Crippen LogP contribution in [0.5, 0.6) is 0 Å². The summed E-state index contributed by atoms with van der Waals surface area (Å²) in [5, 5.41) is 4.30. The largest absolute Gasteiger partial charge is 0.468 e. The molecule has 3 rings (SSSR count). The van der Waals surface area contributed by atoms with E-state index >= 15 is 0 Å². The molecule has 0 radical (unpaired) electrons. The van der Waals surface area contributed by atoms with Crippen LogP contribution in [0.15, 0.2) is 47.1 Å². The van der Waals surface area contributed by atoms with Gasteiger partial charge in [0.2, 0.25) is 0 Å². The summed E-state index contributed by atoms with van der Waals surface area (Å²) in [6.45, 7) is 6.89. The predicted octanol–water partition coefficient (Wildman–Crippen LogP) is 4.94. The maximum atomic E-state index is 6.09. The minimum Gasteiger partial charge on any atom is -0.468 e. The van der Waals surface area contributed by atoms with Crippen molar-refractivity contribution in [2.45, 2.75) is 50.7 Å². The van der Waals surface area contributed by atoms with Gasteiger partial charge in [0.25, 0.3) is 0 Å². The van der Waals surface area contributed by atoms with E-state index in [9.17, 15) is 0 Å². The molecule has 1 fully saturated rings. The quantitative estimate of drug-likeness (QED) is 0.751. The van der Waals surface area contributed by atoms with Crippen LogP contribution in [0.25, 0.3) is 0 Å². The average molecular weight is 348 g/mol. The zero-order chi connectivity index (χ0) is 17.0. The van der Waals surface area contributed by atoms with Crippen LogP contribution in [0, 0.1) is 0 Å². The van der Waals surface area contributed by atoms with Gasteiger partial charge in [-0.15, -0.1) is 0 Å². The first-order chi connectivity index (χ1) is 11.5. The monoisotopic (exact) mass is 347 g/mol.